The molecule has 7 heteroatoms. The molecule has 0 aliphatic carbocycles. The van der Waals surface area contributed by atoms with Crippen LogP contribution in [0.2, 0.25) is 5.02 Å². The highest BCUT2D eigenvalue weighted by molar-refractivity contribution is 9.10. The van der Waals surface area contributed by atoms with Crippen LogP contribution in [0.1, 0.15) is 0 Å². The van der Waals surface area contributed by atoms with Gasteiger partial charge in [0.2, 0.25) is 0 Å². The second-order valence-electron chi connectivity index (χ2n) is 3.59. The quantitative estimate of drug-likeness (QED) is 0.626. The van der Waals surface area contributed by atoms with Gasteiger partial charge in [0.15, 0.2) is 0 Å². The third-order valence-electron chi connectivity index (χ3n) is 2.25. The largest absolute Gasteiger partial charge is 0.508 e. The molecule has 98 valence electrons. The summed E-state index contributed by atoms with van der Waals surface area (Å²) >= 11 is 10.4. The molecule has 0 heterocycles. The Morgan fingerprint density at radius 2 is 1.95 bits per heavy atom. The zero-order valence-corrected chi connectivity index (χ0v) is 12.5. The summed E-state index contributed by atoms with van der Waals surface area (Å²) in [6.45, 7) is 0. The lowest BCUT2D eigenvalue weighted by Crippen LogP contribution is -1.90. The number of phenols is 1. The zero-order chi connectivity index (χ0) is 14.0. The fourth-order valence-electron chi connectivity index (χ4n) is 1.41. The summed E-state index contributed by atoms with van der Waals surface area (Å²) in [5.74, 6) is -0.0156. The number of hydrogen-bond donors (Lipinski definition) is 1. The van der Waals surface area contributed by atoms with E-state index in [-0.39, 0.29) is 11.4 Å². The Kier molecular flexibility index (Phi) is 4.34. The average Bonchev–Trinajstić information content (AvgIpc) is 2.32. The number of rotatable bonds is 3. The molecule has 2 aromatic carbocycles. The van der Waals surface area contributed by atoms with Gasteiger partial charge in [-0.05, 0) is 40.2 Å². The number of phenolic OH excluding ortho intramolecular Hbond substituents is 1. The molecule has 0 saturated heterocycles. The van der Waals surface area contributed by atoms with Gasteiger partial charge in [0, 0.05) is 26.5 Å². The summed E-state index contributed by atoms with van der Waals surface area (Å²) in [7, 11) is 0. The SMILES string of the molecule is O=[N+]([O-])c1ccc(O)cc1Sc1ccc(Cl)cc1Br. The van der Waals surface area contributed by atoms with Crippen LogP contribution in [0, 0.1) is 10.1 Å². The van der Waals surface area contributed by atoms with Crippen molar-refractivity contribution in [2.45, 2.75) is 9.79 Å². The van der Waals surface area contributed by atoms with Crippen molar-refractivity contribution in [3.05, 3.63) is 56.0 Å². The molecule has 4 nitrogen and oxygen atoms in total. The Morgan fingerprint density at radius 1 is 1.21 bits per heavy atom. The fourth-order valence-corrected chi connectivity index (χ4v) is 3.29. The van der Waals surface area contributed by atoms with E-state index in [0.29, 0.717) is 9.92 Å². The van der Waals surface area contributed by atoms with Crippen LogP contribution in [0.15, 0.2) is 50.7 Å². The van der Waals surface area contributed by atoms with Crippen LogP contribution >= 0.6 is 39.3 Å². The summed E-state index contributed by atoms with van der Waals surface area (Å²) in [5.41, 5.74) is -0.0512. The van der Waals surface area contributed by atoms with E-state index in [4.69, 9.17) is 11.6 Å². The van der Waals surface area contributed by atoms with E-state index < -0.39 is 4.92 Å². The second-order valence-corrected chi connectivity index (χ2v) is 5.96. The molecule has 0 fully saturated rings. The molecule has 1 N–H and O–H groups in total. The molecule has 0 bridgehead atoms. The predicted octanol–water partition coefficient (Wildman–Crippen LogP) is 4.87. The maximum Gasteiger partial charge on any atom is 0.283 e. The van der Waals surface area contributed by atoms with Crippen LogP contribution in [0.3, 0.4) is 0 Å². The molecule has 2 rings (SSSR count). The molecular weight excluding hydrogens is 354 g/mol. The minimum Gasteiger partial charge on any atom is -0.508 e. The normalized spacial score (nSPS) is 10.4. The van der Waals surface area contributed by atoms with Gasteiger partial charge in [-0.15, -0.1) is 0 Å². The Bertz CT molecular complexity index is 651. The topological polar surface area (TPSA) is 63.4 Å². The first-order valence-corrected chi connectivity index (χ1v) is 7.06. The first-order valence-electron chi connectivity index (χ1n) is 5.07. The highest BCUT2D eigenvalue weighted by atomic mass is 79.9. The van der Waals surface area contributed by atoms with Crippen molar-refractivity contribution in [1.29, 1.82) is 0 Å². The Balaban J connectivity index is 2.42. The zero-order valence-electron chi connectivity index (χ0n) is 9.34. The summed E-state index contributed by atoms with van der Waals surface area (Å²) in [6, 6.07) is 9.09. The lowest BCUT2D eigenvalue weighted by Gasteiger charge is -2.06. The van der Waals surface area contributed by atoms with E-state index in [2.05, 4.69) is 15.9 Å². The van der Waals surface area contributed by atoms with Crippen molar-refractivity contribution in [3.63, 3.8) is 0 Å². The van der Waals surface area contributed by atoms with Gasteiger partial charge in [-0.25, -0.2) is 0 Å². The van der Waals surface area contributed by atoms with Crippen LogP contribution < -0.4 is 0 Å². The molecule has 0 radical (unpaired) electrons. The molecule has 0 aliphatic rings. The van der Waals surface area contributed by atoms with Crippen LogP contribution in [0.4, 0.5) is 5.69 Å². The van der Waals surface area contributed by atoms with Gasteiger partial charge in [-0.1, -0.05) is 23.4 Å². The Labute approximate surface area is 126 Å². The third-order valence-corrected chi connectivity index (χ3v) is 4.53. The maximum atomic E-state index is 10.9. The summed E-state index contributed by atoms with van der Waals surface area (Å²) < 4.78 is 0.739. The molecule has 0 aromatic heterocycles. The van der Waals surface area contributed by atoms with Crippen molar-refractivity contribution in [3.8, 4) is 5.75 Å². The third kappa shape index (κ3) is 3.40. The van der Waals surface area contributed by atoms with Crippen molar-refractivity contribution in [1.82, 2.24) is 0 Å². The molecule has 0 saturated carbocycles. The van der Waals surface area contributed by atoms with E-state index in [1.165, 1.54) is 30.0 Å². The first-order chi connectivity index (χ1) is 8.97. The van der Waals surface area contributed by atoms with Crippen LogP contribution in [0.25, 0.3) is 0 Å². The standard InChI is InChI=1S/C12H7BrClNO3S/c13-9-5-7(14)1-4-11(9)19-12-6-8(16)2-3-10(12)15(17)18/h1-6,16H. The van der Waals surface area contributed by atoms with Gasteiger partial charge < -0.3 is 5.11 Å². The van der Waals surface area contributed by atoms with E-state index >= 15 is 0 Å². The summed E-state index contributed by atoms with van der Waals surface area (Å²) in [6.07, 6.45) is 0. The summed E-state index contributed by atoms with van der Waals surface area (Å²) in [4.78, 5) is 11.6. The second kappa shape index (κ2) is 5.81. The van der Waals surface area contributed by atoms with Gasteiger partial charge in [0.25, 0.3) is 5.69 Å². The first kappa shape index (κ1) is 14.2. The lowest BCUT2D eigenvalue weighted by atomic mass is 10.3. The number of nitro groups is 1. The number of nitrogens with zero attached hydrogens (tertiary/aromatic N) is 1. The van der Waals surface area contributed by atoms with Crippen molar-refractivity contribution >= 4 is 45.0 Å². The predicted molar refractivity (Wildman–Crippen MR) is 78.0 cm³/mol. The van der Waals surface area contributed by atoms with E-state index in [9.17, 15) is 15.2 Å². The van der Waals surface area contributed by atoms with Crippen molar-refractivity contribution in [2.75, 3.05) is 0 Å². The van der Waals surface area contributed by atoms with Crippen LogP contribution in [0.5, 0.6) is 5.75 Å². The van der Waals surface area contributed by atoms with E-state index in [1.54, 1.807) is 18.2 Å². The molecule has 19 heavy (non-hydrogen) atoms. The van der Waals surface area contributed by atoms with E-state index in [0.717, 1.165) is 9.37 Å². The molecule has 0 atom stereocenters. The minimum atomic E-state index is -0.481. The lowest BCUT2D eigenvalue weighted by molar-refractivity contribution is -0.387. The number of halogens is 2. The van der Waals surface area contributed by atoms with E-state index in [1.807, 2.05) is 0 Å². The fraction of sp³-hybridized carbons (Fsp3) is 0. The molecule has 0 amide bonds. The number of hydrogen-bond acceptors (Lipinski definition) is 4. The van der Waals surface area contributed by atoms with Gasteiger partial charge in [0.1, 0.15) is 5.75 Å². The average molecular weight is 361 g/mol. The number of aromatic hydroxyl groups is 1. The Morgan fingerprint density at radius 3 is 2.58 bits per heavy atom. The number of nitro benzene ring substituents is 1. The minimum absolute atomic E-state index is 0.0156. The highest BCUT2D eigenvalue weighted by Gasteiger charge is 2.16. The van der Waals surface area contributed by atoms with Crippen molar-refractivity contribution < 1.29 is 10.0 Å². The van der Waals surface area contributed by atoms with Gasteiger partial charge in [0.05, 0.1) is 9.82 Å². The smallest absolute Gasteiger partial charge is 0.283 e. The number of benzene rings is 2. The molecule has 0 spiro atoms. The summed E-state index contributed by atoms with van der Waals surface area (Å²) in [5, 5.41) is 21.0. The van der Waals surface area contributed by atoms with Gasteiger partial charge in [-0.2, -0.15) is 0 Å². The molecular formula is C12H7BrClNO3S. The Hall–Kier alpha value is -1.24. The highest BCUT2D eigenvalue weighted by Crippen LogP contribution is 2.40. The van der Waals surface area contributed by atoms with Gasteiger partial charge >= 0.3 is 0 Å². The molecule has 0 aliphatic heterocycles. The molecule has 0 unspecified atom stereocenters. The monoisotopic (exact) mass is 359 g/mol. The maximum absolute atomic E-state index is 10.9. The van der Waals surface area contributed by atoms with Crippen LogP contribution in [-0.2, 0) is 0 Å². The molecule has 2 aromatic rings. The van der Waals surface area contributed by atoms with Crippen LogP contribution in [-0.4, -0.2) is 10.0 Å². The van der Waals surface area contributed by atoms with Gasteiger partial charge in [-0.3, -0.25) is 10.1 Å². The van der Waals surface area contributed by atoms with Crippen molar-refractivity contribution in [2.24, 2.45) is 0 Å².